The van der Waals surface area contributed by atoms with E-state index in [2.05, 4.69) is 10.3 Å². The Labute approximate surface area is 125 Å². The normalized spacial score (nSPS) is 12.7. The van der Waals surface area contributed by atoms with Crippen LogP contribution in [0.5, 0.6) is 0 Å². The minimum absolute atomic E-state index is 0.340. The summed E-state index contributed by atoms with van der Waals surface area (Å²) in [6, 6.07) is 10.0. The number of carboxylic acids is 1. The Morgan fingerprint density at radius 1 is 1.29 bits per heavy atom. The second-order valence-corrected chi connectivity index (χ2v) is 5.79. The lowest BCUT2D eigenvalue weighted by atomic mass is 9.97. The lowest BCUT2D eigenvalue weighted by Crippen LogP contribution is -2.29. The van der Waals surface area contributed by atoms with Gasteiger partial charge in [0.2, 0.25) is 0 Å². The van der Waals surface area contributed by atoms with E-state index in [1.807, 2.05) is 44.2 Å². The average Bonchev–Trinajstić information content (AvgIpc) is 2.46. The van der Waals surface area contributed by atoms with Crippen molar-refractivity contribution in [3.05, 3.63) is 42.1 Å². The molecule has 1 heterocycles. The average molecular weight is 286 g/mol. The molecule has 0 aliphatic heterocycles. The third-order valence-electron chi connectivity index (χ3n) is 3.53. The number of nitrogens with one attached hydrogen (secondary N) is 1. The second-order valence-electron chi connectivity index (χ2n) is 5.79. The smallest absolute Gasteiger partial charge is 0.307 e. The fourth-order valence-electron chi connectivity index (χ4n) is 2.53. The predicted molar refractivity (Wildman–Crippen MR) is 84.0 cm³/mol. The van der Waals surface area contributed by atoms with Gasteiger partial charge in [-0.15, -0.1) is 0 Å². The zero-order valence-corrected chi connectivity index (χ0v) is 12.5. The maximum absolute atomic E-state index is 11.2. The van der Waals surface area contributed by atoms with E-state index in [1.165, 1.54) is 0 Å². The number of hydrogen-bond acceptors (Lipinski definition) is 3. The van der Waals surface area contributed by atoms with E-state index in [4.69, 9.17) is 0 Å². The first-order valence-electron chi connectivity index (χ1n) is 7.34. The van der Waals surface area contributed by atoms with Crippen LogP contribution in [0.2, 0.25) is 0 Å². The van der Waals surface area contributed by atoms with E-state index in [9.17, 15) is 9.90 Å². The van der Waals surface area contributed by atoms with Crippen molar-refractivity contribution in [3.63, 3.8) is 0 Å². The molecule has 0 aliphatic rings. The van der Waals surface area contributed by atoms with E-state index in [1.54, 1.807) is 6.20 Å². The molecule has 0 spiro atoms. The first-order valence-corrected chi connectivity index (χ1v) is 7.34. The molecular weight excluding hydrogens is 264 g/mol. The van der Waals surface area contributed by atoms with Crippen LogP contribution in [0, 0.1) is 11.8 Å². The van der Waals surface area contributed by atoms with Gasteiger partial charge in [-0.05, 0) is 24.0 Å². The molecule has 0 saturated carbocycles. The fourth-order valence-corrected chi connectivity index (χ4v) is 2.53. The fraction of sp³-hybridized carbons (Fsp3) is 0.412. The maximum Gasteiger partial charge on any atom is 0.307 e. The minimum atomic E-state index is -0.729. The Morgan fingerprint density at radius 3 is 2.76 bits per heavy atom. The van der Waals surface area contributed by atoms with Crippen molar-refractivity contribution in [1.82, 2.24) is 10.3 Å². The summed E-state index contributed by atoms with van der Waals surface area (Å²) in [6.07, 6.45) is 2.47. The highest BCUT2D eigenvalue weighted by Crippen LogP contribution is 2.16. The molecule has 0 aliphatic carbocycles. The Bertz CT molecular complexity index is 605. The summed E-state index contributed by atoms with van der Waals surface area (Å²) in [4.78, 5) is 15.6. The summed E-state index contributed by atoms with van der Waals surface area (Å²) in [7, 11) is 0. The number of fused-ring (bicyclic) bond motifs is 1. The molecule has 0 radical (unpaired) electrons. The summed E-state index contributed by atoms with van der Waals surface area (Å²) in [5.41, 5.74) is 2.07. The van der Waals surface area contributed by atoms with Crippen molar-refractivity contribution in [2.45, 2.75) is 26.8 Å². The number of aromatic nitrogens is 1. The number of hydrogen-bond donors (Lipinski definition) is 2. The number of carbonyl (C=O) groups is 1. The Kier molecular flexibility index (Phi) is 5.28. The zero-order valence-electron chi connectivity index (χ0n) is 12.5. The van der Waals surface area contributed by atoms with Gasteiger partial charge < -0.3 is 10.4 Å². The van der Waals surface area contributed by atoms with Gasteiger partial charge in [-0.25, -0.2) is 0 Å². The standard InChI is InChI=1S/C17H22N2O2/c1-12(2)9-15(17(20)21)11-18-10-14-6-3-5-13-7-4-8-19-16(13)14/h3-8,12,15,18H,9-11H2,1-2H3,(H,20,21). The highest BCUT2D eigenvalue weighted by atomic mass is 16.4. The third kappa shape index (κ3) is 4.26. The molecule has 0 amide bonds. The van der Waals surface area contributed by atoms with E-state index in [0.29, 0.717) is 25.4 Å². The largest absolute Gasteiger partial charge is 0.481 e. The number of pyridine rings is 1. The maximum atomic E-state index is 11.2. The molecule has 2 rings (SSSR count). The topological polar surface area (TPSA) is 62.2 Å². The van der Waals surface area contributed by atoms with Crippen LogP contribution < -0.4 is 5.32 Å². The van der Waals surface area contributed by atoms with Crippen molar-refractivity contribution in [2.75, 3.05) is 6.54 Å². The molecule has 2 N–H and O–H groups in total. The summed E-state index contributed by atoms with van der Waals surface area (Å²) >= 11 is 0. The van der Waals surface area contributed by atoms with Crippen molar-refractivity contribution >= 4 is 16.9 Å². The van der Waals surface area contributed by atoms with Crippen LogP contribution in [0.25, 0.3) is 10.9 Å². The van der Waals surface area contributed by atoms with Gasteiger partial charge >= 0.3 is 5.97 Å². The van der Waals surface area contributed by atoms with Crippen molar-refractivity contribution in [3.8, 4) is 0 Å². The Hall–Kier alpha value is -1.94. The van der Waals surface area contributed by atoms with E-state index < -0.39 is 5.97 Å². The molecule has 21 heavy (non-hydrogen) atoms. The van der Waals surface area contributed by atoms with Crippen LogP contribution in [-0.4, -0.2) is 22.6 Å². The summed E-state index contributed by atoms with van der Waals surface area (Å²) < 4.78 is 0. The Morgan fingerprint density at radius 2 is 2.05 bits per heavy atom. The van der Waals surface area contributed by atoms with Gasteiger partial charge in [0, 0.05) is 24.7 Å². The van der Waals surface area contributed by atoms with Crippen LogP contribution in [0.3, 0.4) is 0 Å². The summed E-state index contributed by atoms with van der Waals surface area (Å²) in [5, 5.41) is 13.6. The van der Waals surface area contributed by atoms with E-state index in [-0.39, 0.29) is 5.92 Å². The minimum Gasteiger partial charge on any atom is -0.481 e. The Balaban J connectivity index is 2.00. The van der Waals surface area contributed by atoms with Gasteiger partial charge in [0.05, 0.1) is 11.4 Å². The van der Waals surface area contributed by atoms with Gasteiger partial charge in [-0.3, -0.25) is 9.78 Å². The highest BCUT2D eigenvalue weighted by molar-refractivity contribution is 5.81. The number of nitrogens with zero attached hydrogens (tertiary/aromatic N) is 1. The second kappa shape index (κ2) is 7.18. The number of aliphatic carboxylic acids is 1. The lowest BCUT2D eigenvalue weighted by Gasteiger charge is -2.15. The van der Waals surface area contributed by atoms with Gasteiger partial charge in [0.1, 0.15) is 0 Å². The predicted octanol–water partition coefficient (Wildman–Crippen LogP) is 3.07. The zero-order chi connectivity index (χ0) is 15.2. The first kappa shape index (κ1) is 15.4. The summed E-state index contributed by atoms with van der Waals surface area (Å²) in [6.45, 7) is 5.21. The highest BCUT2D eigenvalue weighted by Gasteiger charge is 2.18. The SMILES string of the molecule is CC(C)CC(CNCc1cccc2cccnc12)C(=O)O. The molecule has 4 heteroatoms. The van der Waals surface area contributed by atoms with Gasteiger partial charge in [0.15, 0.2) is 0 Å². The molecule has 1 atom stereocenters. The molecule has 112 valence electrons. The van der Waals surface area contributed by atoms with Crippen LogP contribution in [0.1, 0.15) is 25.8 Å². The molecule has 0 bridgehead atoms. The quantitative estimate of drug-likeness (QED) is 0.821. The molecule has 4 nitrogen and oxygen atoms in total. The molecule has 1 unspecified atom stereocenters. The molecule has 1 aromatic carbocycles. The van der Waals surface area contributed by atoms with E-state index >= 15 is 0 Å². The van der Waals surface area contributed by atoms with Crippen molar-refractivity contribution < 1.29 is 9.90 Å². The third-order valence-corrected chi connectivity index (χ3v) is 3.53. The first-order chi connectivity index (χ1) is 10.1. The van der Waals surface area contributed by atoms with E-state index in [0.717, 1.165) is 16.5 Å². The molecule has 2 aromatic rings. The van der Waals surface area contributed by atoms with Crippen LogP contribution >= 0.6 is 0 Å². The number of rotatable bonds is 7. The van der Waals surface area contributed by atoms with Crippen LogP contribution in [0.4, 0.5) is 0 Å². The number of para-hydroxylation sites is 1. The molecule has 0 fully saturated rings. The van der Waals surface area contributed by atoms with Crippen molar-refractivity contribution in [1.29, 1.82) is 0 Å². The van der Waals surface area contributed by atoms with Gasteiger partial charge in [-0.1, -0.05) is 38.1 Å². The van der Waals surface area contributed by atoms with Gasteiger partial charge in [0.25, 0.3) is 0 Å². The molecule has 1 aromatic heterocycles. The number of benzene rings is 1. The number of carboxylic acid groups (broad SMARTS) is 1. The van der Waals surface area contributed by atoms with Crippen LogP contribution in [0.15, 0.2) is 36.5 Å². The van der Waals surface area contributed by atoms with Crippen molar-refractivity contribution in [2.24, 2.45) is 11.8 Å². The molecular formula is C17H22N2O2. The summed E-state index contributed by atoms with van der Waals surface area (Å²) in [5.74, 6) is -0.688. The monoisotopic (exact) mass is 286 g/mol. The van der Waals surface area contributed by atoms with Crippen LogP contribution in [-0.2, 0) is 11.3 Å². The van der Waals surface area contributed by atoms with Gasteiger partial charge in [-0.2, -0.15) is 0 Å². The lowest BCUT2D eigenvalue weighted by molar-refractivity contribution is -0.142. The molecule has 0 saturated heterocycles.